The molecule has 0 unspecified atom stereocenters. The van der Waals surface area contributed by atoms with Gasteiger partial charge in [0.1, 0.15) is 0 Å². The van der Waals surface area contributed by atoms with Crippen molar-refractivity contribution in [2.45, 2.75) is 0 Å². The molecule has 0 saturated carbocycles. The molecule has 0 radical (unpaired) electrons. The third kappa shape index (κ3) is 3.40. The Kier molecular flexibility index (Phi) is 5.11. The number of rotatable bonds is 3. The molecular weight excluding hydrogens is 583 g/mol. The quantitative estimate of drug-likeness (QED) is 0.195. The van der Waals surface area contributed by atoms with Crippen LogP contribution in [0.4, 0.5) is 0 Å². The fraction of sp³-hybridized carbons (Fsp3) is 0. The van der Waals surface area contributed by atoms with Gasteiger partial charge in [0.05, 0.1) is 39.6 Å². The van der Waals surface area contributed by atoms with Gasteiger partial charge >= 0.3 is 0 Å². The van der Waals surface area contributed by atoms with E-state index < -0.39 is 0 Å². The number of para-hydroxylation sites is 3. The van der Waals surface area contributed by atoms with Gasteiger partial charge in [0.15, 0.2) is 0 Å². The van der Waals surface area contributed by atoms with Crippen LogP contribution in [-0.2, 0) is 0 Å². The monoisotopic (exact) mass is 609 g/mol. The van der Waals surface area contributed by atoms with E-state index in [1.54, 1.807) is 0 Å². The van der Waals surface area contributed by atoms with E-state index in [-0.39, 0.29) is 0 Å². The second-order valence-corrected chi connectivity index (χ2v) is 12.8. The van der Waals surface area contributed by atoms with Gasteiger partial charge in [-0.3, -0.25) is 4.98 Å². The highest BCUT2D eigenvalue weighted by molar-refractivity contribution is 6.19. The lowest BCUT2D eigenvalue weighted by Crippen LogP contribution is -1.96. The van der Waals surface area contributed by atoms with Crippen LogP contribution >= 0.6 is 0 Å². The third-order valence-electron chi connectivity index (χ3n) is 10.3. The topological polar surface area (TPSA) is 22.8 Å². The molecule has 11 rings (SSSR count). The van der Waals surface area contributed by atoms with Crippen molar-refractivity contribution >= 4 is 54.4 Å². The van der Waals surface area contributed by atoms with Crippen LogP contribution in [0, 0.1) is 0 Å². The Morgan fingerprint density at radius 2 is 0.979 bits per heavy atom. The van der Waals surface area contributed by atoms with Crippen LogP contribution in [0.1, 0.15) is 0 Å². The highest BCUT2D eigenvalue weighted by Gasteiger charge is 2.24. The first-order valence-corrected chi connectivity index (χ1v) is 16.5. The molecule has 3 heterocycles. The van der Waals surface area contributed by atoms with Gasteiger partial charge in [0, 0.05) is 38.2 Å². The summed E-state index contributed by atoms with van der Waals surface area (Å²) in [5, 5.41) is 7.48. The molecule has 0 fully saturated rings. The number of fused-ring (bicyclic) bond motifs is 9. The van der Waals surface area contributed by atoms with E-state index in [1.165, 1.54) is 76.8 Å². The molecule has 0 bridgehead atoms. The molecule has 222 valence electrons. The zero-order chi connectivity index (χ0) is 31.3. The summed E-state index contributed by atoms with van der Waals surface area (Å²) >= 11 is 0. The summed E-state index contributed by atoms with van der Waals surface area (Å²) in [4.78, 5) is 5.14. The predicted octanol–water partition coefficient (Wildman–Crippen LogP) is 11.7. The van der Waals surface area contributed by atoms with Gasteiger partial charge in [-0.2, -0.15) is 0 Å². The Morgan fingerprint density at radius 3 is 1.77 bits per heavy atom. The Bertz CT molecular complexity index is 2910. The lowest BCUT2D eigenvalue weighted by molar-refractivity contribution is 1.18. The van der Waals surface area contributed by atoms with Crippen molar-refractivity contribution in [1.82, 2.24) is 14.1 Å². The van der Waals surface area contributed by atoms with Crippen molar-refractivity contribution in [2.24, 2.45) is 0 Å². The van der Waals surface area contributed by atoms with Gasteiger partial charge in [-0.25, -0.2) is 0 Å². The Balaban J connectivity index is 1.13. The minimum Gasteiger partial charge on any atom is -0.309 e. The highest BCUT2D eigenvalue weighted by atomic mass is 15.0. The van der Waals surface area contributed by atoms with Gasteiger partial charge in [-0.05, 0) is 76.2 Å². The molecular formula is C45H27N3. The maximum Gasteiger partial charge on any atom is 0.0725 e. The standard InChI is InChI=1S/C45H27N3/c1-2-11-29(12-3-1)47-40-19-8-6-15-32(40)37-25-28(21-23-43(37)47)39-26-38-33-16-7-9-20-41(33)48(44(38)27-46-39)42-24-22-35-31-14-5-4-13-30(31)34-17-10-18-36(42)45(34)35/h1-27H. The van der Waals surface area contributed by atoms with E-state index in [2.05, 4.69) is 173 Å². The van der Waals surface area contributed by atoms with Crippen molar-refractivity contribution in [1.29, 1.82) is 0 Å². The molecule has 0 atom stereocenters. The normalized spacial score (nSPS) is 12.2. The first-order chi connectivity index (χ1) is 23.8. The van der Waals surface area contributed by atoms with E-state index in [0.29, 0.717) is 0 Å². The average Bonchev–Trinajstić information content (AvgIpc) is 3.78. The molecule has 3 aromatic heterocycles. The lowest BCUT2D eigenvalue weighted by atomic mass is 10.0. The van der Waals surface area contributed by atoms with Crippen LogP contribution in [0.25, 0.3) is 99.3 Å². The van der Waals surface area contributed by atoms with Crippen molar-refractivity contribution in [3.8, 4) is 44.9 Å². The van der Waals surface area contributed by atoms with Crippen LogP contribution in [0.3, 0.4) is 0 Å². The van der Waals surface area contributed by atoms with Crippen LogP contribution < -0.4 is 0 Å². The van der Waals surface area contributed by atoms with Crippen LogP contribution in [0.5, 0.6) is 0 Å². The number of hydrogen-bond donors (Lipinski definition) is 0. The minimum atomic E-state index is 0.972. The van der Waals surface area contributed by atoms with Crippen LogP contribution in [-0.4, -0.2) is 14.1 Å². The van der Waals surface area contributed by atoms with Crippen molar-refractivity contribution in [3.63, 3.8) is 0 Å². The zero-order valence-corrected chi connectivity index (χ0v) is 25.9. The summed E-state index contributed by atoms with van der Waals surface area (Å²) in [7, 11) is 0. The predicted molar refractivity (Wildman–Crippen MR) is 200 cm³/mol. The SMILES string of the molecule is c1ccc(-n2c3ccccc3c3cc(-c4cc5c6ccccc6n(-c6ccc7c8c(cccc68)-c6ccccc6-7)c5cn4)ccc32)cc1. The third-order valence-corrected chi connectivity index (χ3v) is 10.3. The maximum absolute atomic E-state index is 5.14. The summed E-state index contributed by atoms with van der Waals surface area (Å²) in [5.41, 5.74) is 14.4. The molecule has 0 aliphatic heterocycles. The van der Waals surface area contributed by atoms with E-state index in [0.717, 1.165) is 22.5 Å². The highest BCUT2D eigenvalue weighted by Crippen LogP contribution is 2.49. The first-order valence-electron chi connectivity index (χ1n) is 16.5. The Labute approximate surface area is 276 Å². The lowest BCUT2D eigenvalue weighted by Gasteiger charge is -2.13. The molecule has 0 saturated heterocycles. The summed E-state index contributed by atoms with van der Waals surface area (Å²) < 4.78 is 4.76. The molecule has 0 amide bonds. The second kappa shape index (κ2) is 9.54. The largest absolute Gasteiger partial charge is 0.309 e. The summed E-state index contributed by atoms with van der Waals surface area (Å²) in [6, 6.07) is 57.2. The summed E-state index contributed by atoms with van der Waals surface area (Å²) in [5.74, 6) is 0. The average molecular weight is 610 g/mol. The Hall–Kier alpha value is -6.45. The molecule has 10 aromatic rings. The molecule has 1 aliphatic carbocycles. The van der Waals surface area contributed by atoms with Gasteiger partial charge in [0.25, 0.3) is 0 Å². The molecule has 3 nitrogen and oxygen atoms in total. The van der Waals surface area contributed by atoms with Gasteiger partial charge in [-0.1, -0.05) is 109 Å². The van der Waals surface area contributed by atoms with E-state index in [9.17, 15) is 0 Å². The number of pyridine rings is 1. The van der Waals surface area contributed by atoms with Crippen molar-refractivity contribution in [2.75, 3.05) is 0 Å². The van der Waals surface area contributed by atoms with Crippen molar-refractivity contribution < 1.29 is 0 Å². The molecule has 7 aromatic carbocycles. The second-order valence-electron chi connectivity index (χ2n) is 12.8. The zero-order valence-electron chi connectivity index (χ0n) is 25.9. The molecule has 48 heavy (non-hydrogen) atoms. The Morgan fingerprint density at radius 1 is 0.375 bits per heavy atom. The first kappa shape index (κ1) is 25.7. The van der Waals surface area contributed by atoms with E-state index >= 15 is 0 Å². The summed E-state index contributed by atoms with van der Waals surface area (Å²) in [6.45, 7) is 0. The number of benzene rings is 7. The van der Waals surface area contributed by atoms with Crippen molar-refractivity contribution in [3.05, 3.63) is 164 Å². The van der Waals surface area contributed by atoms with Crippen LogP contribution in [0.2, 0.25) is 0 Å². The number of aromatic nitrogens is 3. The number of hydrogen-bond acceptors (Lipinski definition) is 1. The molecule has 0 spiro atoms. The van der Waals surface area contributed by atoms with Gasteiger partial charge in [0.2, 0.25) is 0 Å². The van der Waals surface area contributed by atoms with E-state index in [4.69, 9.17) is 4.98 Å². The fourth-order valence-corrected chi connectivity index (χ4v) is 8.26. The minimum absolute atomic E-state index is 0.972. The van der Waals surface area contributed by atoms with Gasteiger partial charge < -0.3 is 9.13 Å². The molecule has 0 N–H and O–H groups in total. The maximum atomic E-state index is 5.14. The number of nitrogens with zero attached hydrogens (tertiary/aromatic N) is 3. The molecule has 1 aliphatic rings. The fourth-order valence-electron chi connectivity index (χ4n) is 8.26. The smallest absolute Gasteiger partial charge is 0.0725 e. The van der Waals surface area contributed by atoms with E-state index in [1.807, 2.05) is 0 Å². The summed E-state index contributed by atoms with van der Waals surface area (Å²) in [6.07, 6.45) is 2.07. The molecule has 3 heteroatoms. The van der Waals surface area contributed by atoms with Crippen LogP contribution in [0.15, 0.2) is 164 Å². The van der Waals surface area contributed by atoms with Gasteiger partial charge in [-0.15, -0.1) is 0 Å².